The van der Waals surface area contributed by atoms with Crippen LogP contribution in [0.25, 0.3) is 39.2 Å². The van der Waals surface area contributed by atoms with Gasteiger partial charge in [-0.15, -0.1) is 0 Å². The highest BCUT2D eigenvalue weighted by Crippen LogP contribution is 2.31. The Hall–Kier alpha value is -15.1. The molecular formula is C104H129N21O9. The van der Waals surface area contributed by atoms with E-state index in [9.17, 15) is 33.6 Å². The largest absolute Gasteiger partial charge is 0.471 e. The summed E-state index contributed by atoms with van der Waals surface area (Å²) in [4.78, 5) is 127. The molecule has 0 aliphatic carbocycles. The van der Waals surface area contributed by atoms with Gasteiger partial charge in [0.1, 0.15) is 29.9 Å². The fraction of sp³-hybridized carbons (Fsp3) is 0.327. The van der Waals surface area contributed by atoms with E-state index in [1.54, 1.807) is 96.0 Å². The van der Waals surface area contributed by atoms with Gasteiger partial charge >= 0.3 is 29.8 Å². The lowest BCUT2D eigenvalue weighted by atomic mass is 9.95. The summed E-state index contributed by atoms with van der Waals surface area (Å²) >= 11 is 0. The second-order valence-corrected chi connectivity index (χ2v) is 34.9. The summed E-state index contributed by atoms with van der Waals surface area (Å²) in [6, 6.07) is 48.9. The summed E-state index contributed by atoms with van der Waals surface area (Å²) in [5.41, 5.74) is 15.0. The molecule has 6 aromatic heterocycles. The molecule has 0 saturated heterocycles. The van der Waals surface area contributed by atoms with Crippen molar-refractivity contribution in [3.63, 3.8) is 0 Å². The van der Waals surface area contributed by atoms with Crippen molar-refractivity contribution >= 4 is 93.0 Å². The van der Waals surface area contributed by atoms with Crippen LogP contribution < -0.4 is 41.7 Å². The molecule has 1 atom stereocenters. The number of nitrogens with one attached hydrogen (secondary N) is 5. The molecule has 15 rings (SSSR count). The maximum absolute atomic E-state index is 12.6. The minimum atomic E-state index is -0.590. The average Bonchev–Trinajstić information content (AvgIpc) is 1.62. The zero-order valence-electron chi connectivity index (χ0n) is 79.7. The van der Waals surface area contributed by atoms with Crippen molar-refractivity contribution in [1.82, 2.24) is 94.1 Å². The number of fused-ring (bicyclic) bond motifs is 3. The Bertz CT molecular complexity index is 6130. The number of Topliss-reactive ketones (excluding diaryl/α,β-unsaturated/α-hetero) is 1. The van der Waals surface area contributed by atoms with Crippen molar-refractivity contribution in [2.24, 2.45) is 10.4 Å². The Labute approximate surface area is 786 Å². The van der Waals surface area contributed by atoms with E-state index >= 15 is 0 Å². The smallest absolute Gasteiger partial charge is 0.348 e. The van der Waals surface area contributed by atoms with Crippen LogP contribution >= 0.6 is 0 Å². The van der Waals surface area contributed by atoms with E-state index in [4.69, 9.17) is 9.47 Å². The SMILES string of the molecule is C.C=C(CC1NC(=O)N(C(C)C)C=C1C)c1ccccc1.C=C(Cc1ccn(C(C)C)c(=O)n1)c1ccccc1.C=C1C=CN(C(C)C)C(=O)N1.C=C1NC(=O)N(C(C)C)C=C1C.C=C1NC=Nc2c1ncn2C(C)C.CC(C)n1cnc2c(CC(=O)c3ccccc3)ncnc21.CC(C)n1cnc2c(OCc3ccc(OC(=O)C(C)(C)C)cc3)nc(NC(=O)Cc3ccccc3)nc21. The van der Waals surface area contributed by atoms with Crippen LogP contribution in [0, 0.1) is 5.41 Å². The minimum absolute atomic E-state index is 0. The molecule has 4 aliphatic heterocycles. The van der Waals surface area contributed by atoms with Gasteiger partial charge in [0.25, 0.3) is 0 Å². The van der Waals surface area contributed by atoms with Crippen molar-refractivity contribution < 1.29 is 38.2 Å². The monoisotopic (exact) mass is 1820 g/mol. The third-order valence-corrected chi connectivity index (χ3v) is 21.0. The lowest BCUT2D eigenvalue weighted by Gasteiger charge is -2.33. The summed E-state index contributed by atoms with van der Waals surface area (Å²) in [5.74, 6) is 1.27. The van der Waals surface area contributed by atoms with Crippen molar-refractivity contribution in [2.45, 2.75) is 220 Å². The molecule has 0 spiro atoms. The molecule has 30 nitrogen and oxygen atoms in total. The molecule has 0 saturated carbocycles. The van der Waals surface area contributed by atoms with E-state index in [2.05, 4.69) is 139 Å². The molecule has 30 heteroatoms. The maximum atomic E-state index is 12.6. The summed E-state index contributed by atoms with van der Waals surface area (Å²) in [5, 5.41) is 14.1. The van der Waals surface area contributed by atoms with Crippen LogP contribution in [0.4, 0.5) is 26.1 Å². The summed E-state index contributed by atoms with van der Waals surface area (Å²) in [6.07, 6.45) is 19.2. The number of urea groups is 3. The number of rotatable bonds is 23. The number of nitrogens with zero attached hydrogens (tertiary/aromatic N) is 16. The van der Waals surface area contributed by atoms with Crippen molar-refractivity contribution in [3.05, 3.63) is 319 Å². The molecule has 7 amide bonds. The number of amides is 7. The molecule has 1 unspecified atom stereocenters. The summed E-state index contributed by atoms with van der Waals surface area (Å²) in [7, 11) is 0. The Morgan fingerprint density at radius 3 is 1.62 bits per heavy atom. The van der Waals surface area contributed by atoms with Crippen LogP contribution in [-0.4, -0.2) is 139 Å². The third kappa shape index (κ3) is 29.5. The van der Waals surface area contributed by atoms with E-state index in [0.717, 1.165) is 79.5 Å². The van der Waals surface area contributed by atoms with Crippen LogP contribution in [-0.2, 0) is 35.5 Å². The van der Waals surface area contributed by atoms with Crippen LogP contribution in [0.2, 0.25) is 0 Å². The van der Waals surface area contributed by atoms with Gasteiger partial charge in [0.05, 0.1) is 66.7 Å². The van der Waals surface area contributed by atoms with Gasteiger partial charge in [-0.05, 0) is 207 Å². The van der Waals surface area contributed by atoms with E-state index in [1.807, 2.05) is 242 Å². The van der Waals surface area contributed by atoms with Crippen LogP contribution in [0.15, 0.2) is 273 Å². The number of ether oxygens (including phenoxy) is 2. The molecule has 10 heterocycles. The average molecular weight is 1820 g/mol. The first-order valence-electron chi connectivity index (χ1n) is 44.2. The van der Waals surface area contributed by atoms with Crippen molar-refractivity contribution in [3.8, 4) is 11.6 Å². The fourth-order valence-corrected chi connectivity index (χ4v) is 13.2. The maximum Gasteiger partial charge on any atom is 0.348 e. The quantitative estimate of drug-likeness (QED) is 0.0226. The third-order valence-electron chi connectivity index (χ3n) is 21.0. The zero-order chi connectivity index (χ0) is 97.1. The number of esters is 1. The number of ketones is 1. The number of benzene rings is 5. The first kappa shape index (κ1) is 104. The first-order valence-corrected chi connectivity index (χ1v) is 44.2. The first-order chi connectivity index (χ1) is 63.1. The van der Waals surface area contributed by atoms with Gasteiger partial charge in [0.2, 0.25) is 17.7 Å². The number of carbonyl (C=O) groups is 6. The van der Waals surface area contributed by atoms with Gasteiger partial charge in [0.15, 0.2) is 28.4 Å². The molecule has 11 aromatic rings. The van der Waals surface area contributed by atoms with Gasteiger partial charge in [-0.1, -0.05) is 174 Å². The van der Waals surface area contributed by atoms with Crippen LogP contribution in [0.3, 0.4) is 0 Å². The lowest BCUT2D eigenvalue weighted by Crippen LogP contribution is -2.49. The topological polar surface area (TPSA) is 343 Å². The van der Waals surface area contributed by atoms with E-state index in [0.29, 0.717) is 57.5 Å². The molecule has 0 fully saturated rings. The number of hydrogen-bond donors (Lipinski definition) is 5. The predicted molar refractivity (Wildman–Crippen MR) is 534 cm³/mol. The Kier molecular flexibility index (Phi) is 37.9. The predicted octanol–water partition coefficient (Wildman–Crippen LogP) is 20.4. The standard InChI is InChI=1S/C28H31N5O4.C17H22N2O.C16H16N4O.C16H18N2O.C9H12N4.C9H14N2O.C8H12N2O.CH4/c1-18(2)33-17-29-23-24(33)31-27(30-22(34)15-19-9-7-6-8-10-19)32-25(23)36-16-20-11-13-21(14-12-20)37-26(35)28(3,4)5;1-12(2)19-11-14(4)16(18-17(19)20)10-13(3)15-8-6-5-7-9-15;1-11(2)20-10-19-15-13(17-9-18-16(15)20)8-14(21)12-6-4-3-5-7-12;1-12(2)18-10-9-15(17-16(18)19)11-13(3)14-7-5-4-6-8-14;1-6(2)13-5-12-8-7(3)10-4-11-9(8)13;1-6(2)11-5-7(3)8(4)10-9(11)12;1-6(2)10-5-4-7(3)9-8(10)11;/h6-14,17-18H,15-16H2,1-5H3,(H,30,31,32,34);5-9,11-12,16H,3,10H2,1-2,4H3,(H,18,20);3-7,9-11H,8H2,1-2H3;4-10,12H,3,11H2,1-2H3;4-6H,3H2,1-2H3,(H,10,11);5-6H,4H2,1-3H3,(H,10,12);4-6H,3H2,1-2H3,(H,9,11);1H4. The Morgan fingerprint density at radius 1 is 0.522 bits per heavy atom. The lowest BCUT2D eigenvalue weighted by molar-refractivity contribution is -0.143. The number of hydrogen-bond acceptors (Lipinski definition) is 19. The molecule has 4 aliphatic rings. The van der Waals surface area contributed by atoms with Gasteiger partial charge < -0.3 is 44.4 Å². The second-order valence-electron chi connectivity index (χ2n) is 34.9. The van der Waals surface area contributed by atoms with E-state index in [1.165, 1.54) is 6.33 Å². The highest BCUT2D eigenvalue weighted by molar-refractivity contribution is 5.99. The molecule has 5 N–H and O–H groups in total. The Balaban J connectivity index is 0.000000200. The Morgan fingerprint density at radius 2 is 1.06 bits per heavy atom. The summed E-state index contributed by atoms with van der Waals surface area (Å²) < 4.78 is 19.0. The molecule has 134 heavy (non-hydrogen) atoms. The fourth-order valence-electron chi connectivity index (χ4n) is 13.2. The second kappa shape index (κ2) is 48.7. The van der Waals surface area contributed by atoms with Gasteiger partial charge in [-0.3, -0.25) is 39.0 Å². The number of allylic oxidation sites excluding steroid dienone is 3. The number of carbonyl (C=O) groups excluding carboxylic acids is 6. The van der Waals surface area contributed by atoms with Crippen LogP contribution in [0.5, 0.6) is 11.6 Å². The van der Waals surface area contributed by atoms with Crippen molar-refractivity contribution in [2.75, 3.05) is 5.32 Å². The van der Waals surface area contributed by atoms with Gasteiger partial charge in [0, 0.05) is 90.5 Å². The zero-order valence-corrected chi connectivity index (χ0v) is 79.7. The van der Waals surface area contributed by atoms with Gasteiger partial charge in [-0.2, -0.15) is 15.0 Å². The molecule has 5 aromatic carbocycles. The number of aromatic nitrogens is 12. The molecule has 0 bridgehead atoms. The minimum Gasteiger partial charge on any atom is -0.471 e. The molecular weight excluding hydrogens is 1690 g/mol. The van der Waals surface area contributed by atoms with Gasteiger partial charge in [-0.25, -0.2) is 49.1 Å². The summed E-state index contributed by atoms with van der Waals surface area (Å²) in [6.45, 7) is 57.1. The van der Waals surface area contributed by atoms with Crippen molar-refractivity contribution in [1.29, 1.82) is 0 Å². The van der Waals surface area contributed by atoms with E-state index < -0.39 is 5.41 Å². The molecule has 0 radical (unpaired) electrons. The number of imidazole rings is 3. The molecule has 704 valence electrons. The highest BCUT2D eigenvalue weighted by atomic mass is 16.5. The van der Waals surface area contributed by atoms with Crippen LogP contribution in [0.1, 0.15) is 219 Å². The number of anilines is 1. The number of aliphatic imine (C=N–C) groups is 1. The normalized spacial score (nSPS) is 13.7. The highest BCUT2D eigenvalue weighted by Gasteiger charge is 2.29. The van der Waals surface area contributed by atoms with E-state index in [-0.39, 0.29) is 122 Å².